The Bertz CT molecular complexity index is 603. The van der Waals surface area contributed by atoms with Crippen LogP contribution in [-0.4, -0.2) is 5.11 Å². The zero-order chi connectivity index (χ0) is 14.2. The van der Waals surface area contributed by atoms with Crippen LogP contribution in [0.15, 0.2) is 30.3 Å². The summed E-state index contributed by atoms with van der Waals surface area (Å²) in [5.74, 6) is 0. The number of halogens is 3. The van der Waals surface area contributed by atoms with E-state index in [1.165, 1.54) is 0 Å². The minimum absolute atomic E-state index is 0.505. The van der Waals surface area contributed by atoms with E-state index in [9.17, 15) is 5.11 Å². The Morgan fingerprint density at radius 2 is 1.42 bits per heavy atom. The Hall–Kier alpha value is -0.730. The van der Waals surface area contributed by atoms with E-state index in [0.29, 0.717) is 20.6 Å². The minimum Gasteiger partial charge on any atom is -0.384 e. The Kier molecular flexibility index (Phi) is 4.42. The third kappa shape index (κ3) is 3.24. The highest BCUT2D eigenvalue weighted by atomic mass is 35.5. The van der Waals surface area contributed by atoms with Crippen molar-refractivity contribution in [1.82, 2.24) is 0 Å². The Morgan fingerprint density at radius 3 is 2.00 bits per heavy atom. The summed E-state index contributed by atoms with van der Waals surface area (Å²) in [5.41, 5.74) is 3.33. The average Bonchev–Trinajstić information content (AvgIpc) is 2.31. The summed E-state index contributed by atoms with van der Waals surface area (Å²) in [6.45, 7) is 3.82. The van der Waals surface area contributed by atoms with Crippen molar-refractivity contribution in [2.75, 3.05) is 0 Å². The highest BCUT2D eigenvalue weighted by Crippen LogP contribution is 2.31. The third-order valence-electron chi connectivity index (χ3n) is 3.04. The second-order valence-electron chi connectivity index (χ2n) is 4.56. The molecular formula is C15H13Cl3O. The van der Waals surface area contributed by atoms with E-state index in [2.05, 4.69) is 0 Å². The summed E-state index contributed by atoms with van der Waals surface area (Å²) in [6, 6.07) is 8.79. The fourth-order valence-corrected chi connectivity index (χ4v) is 2.77. The van der Waals surface area contributed by atoms with Gasteiger partial charge in [0.15, 0.2) is 0 Å². The number of aliphatic hydroxyl groups is 1. The Labute approximate surface area is 127 Å². The lowest BCUT2D eigenvalue weighted by Crippen LogP contribution is -2.03. The van der Waals surface area contributed by atoms with Crippen LogP contribution in [-0.2, 0) is 0 Å². The molecule has 2 aromatic carbocycles. The minimum atomic E-state index is -0.771. The average molecular weight is 316 g/mol. The van der Waals surface area contributed by atoms with Crippen LogP contribution >= 0.6 is 34.8 Å². The van der Waals surface area contributed by atoms with Gasteiger partial charge in [-0.05, 0) is 60.4 Å². The first-order valence-corrected chi connectivity index (χ1v) is 6.92. The topological polar surface area (TPSA) is 20.2 Å². The Balaban J connectivity index is 2.49. The third-order valence-corrected chi connectivity index (χ3v) is 3.89. The van der Waals surface area contributed by atoms with Gasteiger partial charge in [-0.3, -0.25) is 0 Å². The van der Waals surface area contributed by atoms with Crippen LogP contribution in [0.4, 0.5) is 0 Å². The van der Waals surface area contributed by atoms with Gasteiger partial charge in [-0.1, -0.05) is 40.9 Å². The van der Waals surface area contributed by atoms with Gasteiger partial charge in [0.25, 0.3) is 0 Å². The van der Waals surface area contributed by atoms with Crippen molar-refractivity contribution >= 4 is 34.8 Å². The molecule has 0 amide bonds. The zero-order valence-corrected chi connectivity index (χ0v) is 12.8. The summed E-state index contributed by atoms with van der Waals surface area (Å²) in [6.07, 6.45) is -0.771. The number of benzene rings is 2. The van der Waals surface area contributed by atoms with Crippen molar-refractivity contribution in [3.63, 3.8) is 0 Å². The zero-order valence-electron chi connectivity index (χ0n) is 10.5. The van der Waals surface area contributed by atoms with E-state index in [-0.39, 0.29) is 0 Å². The fourth-order valence-electron chi connectivity index (χ4n) is 2.01. The van der Waals surface area contributed by atoms with E-state index in [0.717, 1.165) is 16.7 Å². The van der Waals surface area contributed by atoms with Crippen molar-refractivity contribution in [3.05, 3.63) is 67.7 Å². The molecule has 0 spiro atoms. The molecule has 2 aromatic rings. The van der Waals surface area contributed by atoms with Crippen LogP contribution < -0.4 is 0 Å². The molecule has 0 aliphatic rings. The van der Waals surface area contributed by atoms with Gasteiger partial charge in [-0.15, -0.1) is 0 Å². The van der Waals surface area contributed by atoms with Crippen LogP contribution in [0.5, 0.6) is 0 Å². The molecule has 0 aromatic heterocycles. The van der Waals surface area contributed by atoms with Gasteiger partial charge >= 0.3 is 0 Å². The van der Waals surface area contributed by atoms with E-state index in [1.54, 1.807) is 18.2 Å². The van der Waals surface area contributed by atoms with Crippen LogP contribution in [0.2, 0.25) is 15.1 Å². The molecule has 4 heteroatoms. The van der Waals surface area contributed by atoms with E-state index < -0.39 is 6.10 Å². The summed E-state index contributed by atoms with van der Waals surface area (Å²) >= 11 is 18.0. The summed E-state index contributed by atoms with van der Waals surface area (Å²) in [7, 11) is 0. The lowest BCUT2D eigenvalue weighted by atomic mass is 9.96. The number of aliphatic hydroxyl groups excluding tert-OH is 1. The first-order chi connectivity index (χ1) is 8.88. The molecule has 0 aliphatic carbocycles. The monoisotopic (exact) mass is 314 g/mol. The number of aryl methyl sites for hydroxylation is 2. The van der Waals surface area contributed by atoms with Crippen molar-refractivity contribution in [1.29, 1.82) is 0 Å². The summed E-state index contributed by atoms with van der Waals surface area (Å²) < 4.78 is 0. The van der Waals surface area contributed by atoms with Crippen LogP contribution in [0.1, 0.15) is 28.4 Å². The maximum Gasteiger partial charge on any atom is 0.104 e. The molecule has 1 unspecified atom stereocenters. The second kappa shape index (κ2) is 5.72. The highest BCUT2D eigenvalue weighted by Gasteiger charge is 2.15. The van der Waals surface area contributed by atoms with Gasteiger partial charge in [0.1, 0.15) is 6.10 Å². The molecule has 0 fully saturated rings. The first kappa shape index (κ1) is 14.7. The largest absolute Gasteiger partial charge is 0.384 e. The smallest absolute Gasteiger partial charge is 0.104 e. The maximum atomic E-state index is 10.5. The number of rotatable bonds is 2. The molecule has 19 heavy (non-hydrogen) atoms. The van der Waals surface area contributed by atoms with Gasteiger partial charge in [-0.25, -0.2) is 0 Å². The molecule has 1 N–H and O–H groups in total. The fraction of sp³-hybridized carbons (Fsp3) is 0.200. The normalized spacial score (nSPS) is 12.5. The van der Waals surface area contributed by atoms with Gasteiger partial charge in [0.2, 0.25) is 0 Å². The van der Waals surface area contributed by atoms with Gasteiger partial charge < -0.3 is 5.11 Å². The van der Waals surface area contributed by atoms with Gasteiger partial charge in [-0.2, -0.15) is 0 Å². The Morgan fingerprint density at radius 1 is 0.842 bits per heavy atom. The molecule has 1 atom stereocenters. The molecule has 0 saturated heterocycles. The van der Waals surface area contributed by atoms with Crippen LogP contribution in [0, 0.1) is 13.8 Å². The van der Waals surface area contributed by atoms with Crippen molar-refractivity contribution in [3.8, 4) is 0 Å². The van der Waals surface area contributed by atoms with Crippen molar-refractivity contribution < 1.29 is 5.11 Å². The van der Waals surface area contributed by atoms with Crippen LogP contribution in [0.3, 0.4) is 0 Å². The number of hydrogen-bond acceptors (Lipinski definition) is 1. The maximum absolute atomic E-state index is 10.5. The quantitative estimate of drug-likeness (QED) is 0.792. The van der Waals surface area contributed by atoms with E-state index >= 15 is 0 Å². The predicted molar refractivity (Wildman–Crippen MR) is 81.4 cm³/mol. The molecule has 1 nitrogen and oxygen atoms in total. The molecule has 0 bridgehead atoms. The lowest BCUT2D eigenvalue weighted by molar-refractivity contribution is 0.219. The molecular weight excluding hydrogens is 303 g/mol. The first-order valence-electron chi connectivity index (χ1n) is 5.79. The molecule has 100 valence electrons. The van der Waals surface area contributed by atoms with Gasteiger partial charge in [0.05, 0.1) is 0 Å². The highest BCUT2D eigenvalue weighted by molar-refractivity contribution is 6.34. The molecule has 2 rings (SSSR count). The molecule has 0 aliphatic heterocycles. The second-order valence-corrected chi connectivity index (χ2v) is 5.84. The number of hydrogen-bond donors (Lipinski definition) is 1. The van der Waals surface area contributed by atoms with E-state index in [4.69, 9.17) is 34.8 Å². The summed E-state index contributed by atoms with van der Waals surface area (Å²) in [4.78, 5) is 0. The predicted octanol–water partition coefficient (Wildman–Crippen LogP) is 5.35. The van der Waals surface area contributed by atoms with Gasteiger partial charge in [0, 0.05) is 15.1 Å². The van der Waals surface area contributed by atoms with Crippen molar-refractivity contribution in [2.24, 2.45) is 0 Å². The van der Waals surface area contributed by atoms with Crippen molar-refractivity contribution in [2.45, 2.75) is 20.0 Å². The molecule has 0 radical (unpaired) electrons. The summed E-state index contributed by atoms with van der Waals surface area (Å²) in [5, 5.41) is 12.2. The SMILES string of the molecule is Cc1cc(C(O)c2cc(Cl)cc(Cl)c2)c(C)cc1Cl. The molecule has 0 saturated carbocycles. The van der Waals surface area contributed by atoms with Crippen LogP contribution in [0.25, 0.3) is 0 Å². The lowest BCUT2D eigenvalue weighted by Gasteiger charge is -2.16. The molecule has 0 heterocycles. The van der Waals surface area contributed by atoms with E-state index in [1.807, 2.05) is 26.0 Å². The standard InChI is InChI=1S/C15H13Cl3O/c1-8-4-14(18)9(2)3-13(8)15(19)10-5-11(16)7-12(17)6-10/h3-7,15,19H,1-2H3.